The van der Waals surface area contributed by atoms with Crippen molar-refractivity contribution in [3.8, 4) is 0 Å². The minimum absolute atomic E-state index is 0.227. The molecule has 0 radical (unpaired) electrons. The van der Waals surface area contributed by atoms with Gasteiger partial charge in [0.2, 0.25) is 0 Å². The Morgan fingerprint density at radius 1 is 0.688 bits per heavy atom. The van der Waals surface area contributed by atoms with Crippen molar-refractivity contribution >= 4 is 37.3 Å². The molecule has 1 rings (SSSR count). The molecule has 32 heavy (non-hydrogen) atoms. The number of phosphoric ester groups is 4. The number of rotatable bonds is 11. The van der Waals surface area contributed by atoms with Gasteiger partial charge in [0.15, 0.2) is 0 Å². The van der Waals surface area contributed by atoms with Crippen LogP contribution in [-0.4, -0.2) is 75.6 Å². The van der Waals surface area contributed by atoms with E-state index in [-0.39, 0.29) is 12.8 Å². The second-order valence-corrected chi connectivity index (χ2v) is 11.1. The Kier molecular flexibility index (Phi) is 10.4. The standard InChI is InChI=1S/C10H22O18P4/c1-2-3-7(11)24-5-4-6(25-29(12,13)14)9(27-31(18,19)20)10(28-32(21,22)23)8(5)26-30(15,16)17/h5-6,8-10H,2-4H2,1H3,(H2,12,13,14)(H2,15,16,17)(H2,18,19,20)(H2,21,22,23)/t5-,6+,8+,9-,10-/m0/s1. The molecule has 5 atom stereocenters. The van der Waals surface area contributed by atoms with E-state index >= 15 is 0 Å². The fourth-order valence-corrected chi connectivity index (χ4v) is 5.05. The Labute approximate surface area is 179 Å². The largest absolute Gasteiger partial charge is 0.470 e. The van der Waals surface area contributed by atoms with Crippen LogP contribution in [0.15, 0.2) is 0 Å². The van der Waals surface area contributed by atoms with Gasteiger partial charge in [-0.25, -0.2) is 18.3 Å². The van der Waals surface area contributed by atoms with Gasteiger partial charge >= 0.3 is 37.3 Å². The quantitative estimate of drug-likeness (QED) is 0.112. The van der Waals surface area contributed by atoms with Gasteiger partial charge in [-0.15, -0.1) is 0 Å². The van der Waals surface area contributed by atoms with E-state index in [1.54, 1.807) is 6.92 Å². The topological polar surface area (TPSA) is 293 Å². The first-order chi connectivity index (χ1) is 14.2. The van der Waals surface area contributed by atoms with Crippen molar-refractivity contribution in [1.82, 2.24) is 0 Å². The van der Waals surface area contributed by atoms with Crippen molar-refractivity contribution in [2.24, 2.45) is 0 Å². The summed E-state index contributed by atoms with van der Waals surface area (Å²) in [6, 6.07) is 0. The monoisotopic (exact) mass is 554 g/mol. The maximum absolute atomic E-state index is 11.9. The first kappa shape index (κ1) is 29.9. The third-order valence-electron chi connectivity index (χ3n) is 3.63. The Balaban J connectivity index is 3.58. The normalized spacial score (nSPS) is 27.8. The van der Waals surface area contributed by atoms with Crippen molar-refractivity contribution in [1.29, 1.82) is 0 Å². The van der Waals surface area contributed by atoms with E-state index in [4.69, 9.17) is 43.9 Å². The number of ether oxygens (including phenoxy) is 1. The van der Waals surface area contributed by atoms with E-state index in [2.05, 4.69) is 18.1 Å². The zero-order valence-corrected chi connectivity index (χ0v) is 19.5. The van der Waals surface area contributed by atoms with E-state index in [0.29, 0.717) is 0 Å². The Hall–Kier alpha value is -0.0900. The zero-order chi connectivity index (χ0) is 25.1. The number of hydrogen-bond acceptors (Lipinski definition) is 10. The van der Waals surface area contributed by atoms with Gasteiger partial charge in [-0.05, 0) is 6.42 Å². The van der Waals surface area contributed by atoms with Crippen molar-refractivity contribution in [2.75, 3.05) is 0 Å². The van der Waals surface area contributed by atoms with E-state index in [1.165, 1.54) is 0 Å². The van der Waals surface area contributed by atoms with Crippen LogP contribution in [0.4, 0.5) is 0 Å². The van der Waals surface area contributed by atoms with Crippen LogP contribution in [0.5, 0.6) is 0 Å². The molecule has 0 spiro atoms. The van der Waals surface area contributed by atoms with E-state index in [0.717, 1.165) is 0 Å². The first-order valence-electron chi connectivity index (χ1n) is 8.36. The maximum atomic E-state index is 11.9. The molecule has 0 saturated heterocycles. The van der Waals surface area contributed by atoms with Crippen LogP contribution in [0.2, 0.25) is 0 Å². The third-order valence-corrected chi connectivity index (χ3v) is 5.73. The molecule has 0 bridgehead atoms. The van der Waals surface area contributed by atoms with Gasteiger partial charge in [0, 0.05) is 12.8 Å². The molecule has 0 aromatic rings. The minimum atomic E-state index is -5.65. The molecule has 0 aromatic carbocycles. The number of hydrogen-bond donors (Lipinski definition) is 8. The van der Waals surface area contributed by atoms with Crippen LogP contribution in [-0.2, 0) is 45.9 Å². The summed E-state index contributed by atoms with van der Waals surface area (Å²) in [5, 5.41) is 0. The Morgan fingerprint density at radius 3 is 1.44 bits per heavy atom. The number of phosphoric acid groups is 4. The van der Waals surface area contributed by atoms with Gasteiger partial charge in [-0.2, -0.15) is 0 Å². The molecule has 0 unspecified atom stereocenters. The van der Waals surface area contributed by atoms with Crippen molar-refractivity contribution in [3.63, 3.8) is 0 Å². The second-order valence-electron chi connectivity index (χ2n) is 6.33. The average Bonchev–Trinajstić information content (AvgIpc) is 2.49. The maximum Gasteiger partial charge on any atom is 0.470 e. The summed E-state index contributed by atoms with van der Waals surface area (Å²) in [7, 11) is -22.3. The van der Waals surface area contributed by atoms with Crippen molar-refractivity contribution in [3.05, 3.63) is 0 Å². The number of carbonyl (C=O) groups excluding carboxylic acids is 1. The lowest BCUT2D eigenvalue weighted by Crippen LogP contribution is -2.59. The van der Waals surface area contributed by atoms with E-state index in [9.17, 15) is 23.1 Å². The lowest BCUT2D eigenvalue weighted by atomic mass is 9.87. The highest BCUT2D eigenvalue weighted by molar-refractivity contribution is 7.47. The third kappa shape index (κ3) is 11.4. The van der Waals surface area contributed by atoms with Crippen LogP contribution in [0.1, 0.15) is 26.2 Å². The summed E-state index contributed by atoms with van der Waals surface area (Å²) >= 11 is 0. The molecule has 8 N–H and O–H groups in total. The van der Waals surface area contributed by atoms with Gasteiger partial charge in [-0.1, -0.05) is 6.92 Å². The summed E-state index contributed by atoms with van der Waals surface area (Å²) in [6.45, 7) is 1.55. The van der Waals surface area contributed by atoms with Crippen LogP contribution >= 0.6 is 31.3 Å². The fraction of sp³-hybridized carbons (Fsp3) is 0.900. The van der Waals surface area contributed by atoms with Gasteiger partial charge in [0.1, 0.15) is 30.5 Å². The average molecular weight is 554 g/mol. The highest BCUT2D eigenvalue weighted by Crippen LogP contribution is 2.53. The van der Waals surface area contributed by atoms with E-state index < -0.39 is 74.2 Å². The smallest absolute Gasteiger partial charge is 0.459 e. The number of esters is 1. The summed E-state index contributed by atoms with van der Waals surface area (Å²) < 4.78 is 67.8. The van der Waals surface area contributed by atoms with Gasteiger partial charge in [0.05, 0.1) is 0 Å². The molecular formula is C10H22O18P4. The SMILES string of the molecule is CCCC(=O)O[C@H]1C[C@@H](OP(=O)(O)O)[C@H](OP(=O)(O)O)[C@@H](OP(=O)(O)O)[C@@H]1OP(=O)(O)O. The second kappa shape index (κ2) is 11.1. The van der Waals surface area contributed by atoms with Gasteiger partial charge < -0.3 is 43.9 Å². The molecule has 1 aliphatic carbocycles. The van der Waals surface area contributed by atoms with E-state index in [1.807, 2.05) is 0 Å². The first-order valence-corrected chi connectivity index (χ1v) is 14.5. The molecule has 190 valence electrons. The van der Waals surface area contributed by atoms with Crippen LogP contribution in [0.25, 0.3) is 0 Å². The highest BCUT2D eigenvalue weighted by atomic mass is 31.2. The minimum Gasteiger partial charge on any atom is -0.459 e. The number of carbonyl (C=O) groups is 1. The summed E-state index contributed by atoms with van der Waals surface area (Å²) in [6.07, 6.45) is -12.5. The Bertz CT molecular complexity index is 835. The molecule has 1 aliphatic rings. The lowest BCUT2D eigenvalue weighted by Gasteiger charge is -2.44. The molecule has 0 aliphatic heterocycles. The van der Waals surface area contributed by atoms with Gasteiger partial charge in [-0.3, -0.25) is 22.9 Å². The summed E-state index contributed by atoms with van der Waals surface area (Å²) in [5.74, 6) is -1.02. The molecule has 18 nitrogen and oxygen atoms in total. The van der Waals surface area contributed by atoms with Crippen LogP contribution in [0.3, 0.4) is 0 Å². The predicted molar refractivity (Wildman–Crippen MR) is 97.1 cm³/mol. The van der Waals surface area contributed by atoms with Gasteiger partial charge in [0.25, 0.3) is 0 Å². The molecule has 1 fully saturated rings. The fourth-order valence-electron chi connectivity index (χ4n) is 2.79. The zero-order valence-electron chi connectivity index (χ0n) is 16.0. The molecule has 0 heterocycles. The van der Waals surface area contributed by atoms with Crippen molar-refractivity contribution < 1.29 is 85.0 Å². The van der Waals surface area contributed by atoms with Crippen LogP contribution in [0, 0.1) is 0 Å². The van der Waals surface area contributed by atoms with Crippen LogP contribution < -0.4 is 0 Å². The summed E-state index contributed by atoms with van der Waals surface area (Å²) in [5.41, 5.74) is 0. The van der Waals surface area contributed by atoms with Crippen molar-refractivity contribution in [2.45, 2.75) is 56.7 Å². The predicted octanol–water partition coefficient (Wildman–Crippen LogP) is -0.986. The molecule has 0 aromatic heterocycles. The molecule has 1 saturated carbocycles. The molecule has 22 heteroatoms. The molecule has 0 amide bonds. The lowest BCUT2D eigenvalue weighted by molar-refractivity contribution is -0.186. The highest BCUT2D eigenvalue weighted by Gasteiger charge is 2.56. The summed E-state index contributed by atoms with van der Waals surface area (Å²) in [4.78, 5) is 85.0. The molecular weight excluding hydrogens is 532 g/mol. The Morgan fingerprint density at radius 2 is 1.06 bits per heavy atom.